The van der Waals surface area contributed by atoms with Crippen LogP contribution in [0, 0.1) is 23.5 Å². The van der Waals surface area contributed by atoms with Crippen molar-refractivity contribution in [3.05, 3.63) is 57.2 Å². The van der Waals surface area contributed by atoms with Crippen LogP contribution in [0.25, 0.3) is 11.0 Å². The lowest BCUT2D eigenvalue weighted by molar-refractivity contribution is -0.105. The topological polar surface area (TPSA) is 113 Å². The van der Waals surface area contributed by atoms with Gasteiger partial charge in [-0.2, -0.15) is 4.91 Å². The van der Waals surface area contributed by atoms with E-state index in [1.54, 1.807) is 6.20 Å². The van der Waals surface area contributed by atoms with Crippen molar-refractivity contribution in [2.75, 3.05) is 24.3 Å². The molecule has 0 aliphatic carbocycles. The molecule has 0 aliphatic rings. The Morgan fingerprint density at radius 2 is 2.10 bits per heavy atom. The van der Waals surface area contributed by atoms with E-state index in [2.05, 4.69) is 36.4 Å². The zero-order valence-electron chi connectivity index (χ0n) is 15.4. The number of rotatable bonds is 5. The number of nitrogens with one attached hydrogen (secondary N) is 2. The number of carbonyl (C=O) groups excluding carboxylic acids is 1. The van der Waals surface area contributed by atoms with Gasteiger partial charge in [0.25, 0.3) is 0 Å². The van der Waals surface area contributed by atoms with Gasteiger partial charge < -0.3 is 16.0 Å². The van der Waals surface area contributed by atoms with Crippen LogP contribution < -0.4 is 11.1 Å². The molecule has 3 aromatic rings. The molecule has 0 spiro atoms. The molecule has 156 valence electrons. The molecule has 2 aromatic heterocycles. The van der Waals surface area contributed by atoms with Crippen molar-refractivity contribution in [2.45, 2.75) is 13.3 Å². The summed E-state index contributed by atoms with van der Waals surface area (Å²) in [6.07, 6.45) is 4.30. The Labute approximate surface area is 173 Å². The van der Waals surface area contributed by atoms with E-state index >= 15 is 0 Å². The molecule has 1 amide bonds. The minimum Gasteiger partial charge on any atom is -0.396 e. The number of benzene rings is 1. The van der Waals surface area contributed by atoms with Gasteiger partial charge in [-0.1, -0.05) is 5.18 Å². The Morgan fingerprint density at radius 1 is 1.38 bits per heavy atom. The minimum atomic E-state index is -0.667. The van der Waals surface area contributed by atoms with E-state index in [0.29, 0.717) is 12.1 Å². The molecule has 4 N–H and O–H groups in total. The number of nitrogens with zero attached hydrogens (tertiary/aromatic N) is 2. The number of hydrogen-bond acceptors (Lipinski definition) is 5. The molecular weight excluding hydrogens is 455 g/mol. The zero-order valence-corrected chi connectivity index (χ0v) is 17.0. The molecule has 1 aromatic carbocycles. The van der Waals surface area contributed by atoms with E-state index in [1.807, 2.05) is 12.3 Å². The summed E-state index contributed by atoms with van der Waals surface area (Å²) < 4.78 is 37.0. The van der Waals surface area contributed by atoms with Crippen LogP contribution in [-0.4, -0.2) is 29.6 Å². The number of fused-ring (bicyclic) bond motifs is 1. The number of amides is 1. The quantitative estimate of drug-likeness (QED) is 0.212. The Bertz CT molecular complexity index is 926. The molecule has 0 radical (unpaired) electrons. The van der Waals surface area contributed by atoms with Gasteiger partial charge in [-0.05, 0) is 47.5 Å². The normalized spacial score (nSPS) is 9.69. The first-order valence-electron chi connectivity index (χ1n) is 8.23. The SMILES string of the molecule is Cc1c(F)ccc(N)c1F.O=CNc1cnc2[nH]cc(Br)c2c1.O=NCCCF. The molecule has 0 unspecified atom stereocenters. The van der Waals surface area contributed by atoms with Gasteiger partial charge in [-0.25, -0.2) is 13.8 Å². The van der Waals surface area contributed by atoms with Crippen molar-refractivity contribution < 1.29 is 18.0 Å². The fourth-order valence-corrected chi connectivity index (χ4v) is 2.34. The van der Waals surface area contributed by atoms with E-state index in [4.69, 9.17) is 10.6 Å². The molecule has 0 fully saturated rings. The summed E-state index contributed by atoms with van der Waals surface area (Å²) in [5.74, 6) is -1.23. The third-order valence-corrected chi connectivity index (χ3v) is 4.10. The molecular formula is C18H19BrF3N5O2. The summed E-state index contributed by atoms with van der Waals surface area (Å²) >= 11 is 3.36. The van der Waals surface area contributed by atoms with Crippen molar-refractivity contribution in [3.63, 3.8) is 0 Å². The van der Waals surface area contributed by atoms with Crippen LogP contribution in [0.3, 0.4) is 0 Å². The standard InChI is InChI=1S/C8H6BrN3O.C7H7F2N.C3H6FNO/c9-7-3-11-8-6(7)1-5(2-10-8)12-4-13;1-4-5(8)2-3-6(10)7(4)9;4-2-1-3-5-6/h1-4H,(H,10,11)(H,12,13);2-3H,10H2,1H3;1-3H2. The van der Waals surface area contributed by atoms with E-state index in [-0.39, 0.29) is 24.2 Å². The number of nitroso groups, excluding NO2 is 1. The second kappa shape index (κ2) is 12.5. The first-order valence-corrected chi connectivity index (χ1v) is 9.02. The second-order valence-corrected chi connectivity index (χ2v) is 6.34. The van der Waals surface area contributed by atoms with Gasteiger partial charge in [0.1, 0.15) is 11.5 Å². The maximum Gasteiger partial charge on any atom is 0.211 e. The van der Waals surface area contributed by atoms with Crippen molar-refractivity contribution in [3.8, 4) is 0 Å². The Hall–Kier alpha value is -2.95. The fraction of sp³-hybridized carbons (Fsp3) is 0.222. The third kappa shape index (κ3) is 7.53. The summed E-state index contributed by atoms with van der Waals surface area (Å²) in [6, 6.07) is 4.20. The number of alkyl halides is 1. The highest BCUT2D eigenvalue weighted by atomic mass is 79.9. The first kappa shape index (κ1) is 24.1. The van der Waals surface area contributed by atoms with Gasteiger partial charge in [0, 0.05) is 21.6 Å². The van der Waals surface area contributed by atoms with Gasteiger partial charge >= 0.3 is 0 Å². The van der Waals surface area contributed by atoms with Gasteiger partial charge in [0.05, 0.1) is 30.8 Å². The molecule has 3 rings (SSSR count). The number of nitrogen functional groups attached to an aromatic ring is 1. The average molecular weight is 474 g/mol. The predicted octanol–water partition coefficient (Wildman–Crippen LogP) is 4.86. The van der Waals surface area contributed by atoms with Crippen LogP contribution in [0.5, 0.6) is 0 Å². The largest absolute Gasteiger partial charge is 0.396 e. The van der Waals surface area contributed by atoms with Gasteiger partial charge in [0.2, 0.25) is 6.41 Å². The number of anilines is 2. The highest BCUT2D eigenvalue weighted by Crippen LogP contribution is 2.24. The summed E-state index contributed by atoms with van der Waals surface area (Å²) in [7, 11) is 0. The van der Waals surface area contributed by atoms with Crippen molar-refractivity contribution in [1.29, 1.82) is 0 Å². The lowest BCUT2D eigenvalue weighted by Crippen LogP contribution is -1.95. The number of carbonyl (C=O) groups is 1. The Kier molecular flexibility index (Phi) is 10.4. The fourth-order valence-electron chi connectivity index (χ4n) is 1.93. The summed E-state index contributed by atoms with van der Waals surface area (Å²) in [5, 5.41) is 5.93. The van der Waals surface area contributed by atoms with E-state index in [0.717, 1.165) is 21.6 Å². The lowest BCUT2D eigenvalue weighted by Gasteiger charge is -1.99. The molecule has 0 saturated heterocycles. The number of hydrogen-bond donors (Lipinski definition) is 3. The number of pyridine rings is 1. The molecule has 0 aliphatic heterocycles. The van der Waals surface area contributed by atoms with E-state index < -0.39 is 18.3 Å². The monoisotopic (exact) mass is 473 g/mol. The van der Waals surface area contributed by atoms with Crippen molar-refractivity contribution >= 4 is 44.7 Å². The van der Waals surface area contributed by atoms with Crippen LogP contribution in [0.2, 0.25) is 0 Å². The molecule has 7 nitrogen and oxygen atoms in total. The second-order valence-electron chi connectivity index (χ2n) is 5.49. The van der Waals surface area contributed by atoms with E-state index in [9.17, 15) is 18.0 Å². The van der Waals surface area contributed by atoms with Crippen LogP contribution in [-0.2, 0) is 4.79 Å². The number of halogens is 4. The predicted molar refractivity (Wildman–Crippen MR) is 110 cm³/mol. The average Bonchev–Trinajstić information content (AvgIpc) is 3.09. The minimum absolute atomic E-state index is 0.0149. The van der Waals surface area contributed by atoms with E-state index in [1.165, 1.54) is 13.0 Å². The van der Waals surface area contributed by atoms with Crippen molar-refractivity contribution in [1.82, 2.24) is 9.97 Å². The maximum absolute atomic E-state index is 12.6. The maximum atomic E-state index is 12.6. The number of H-pyrrole nitrogens is 1. The lowest BCUT2D eigenvalue weighted by atomic mass is 10.2. The van der Waals surface area contributed by atoms with Gasteiger partial charge in [-0.15, -0.1) is 0 Å². The number of aromatic amines is 1. The van der Waals surface area contributed by atoms with Gasteiger partial charge in [-0.3, -0.25) is 9.18 Å². The summed E-state index contributed by atoms with van der Waals surface area (Å²) in [4.78, 5) is 26.4. The Balaban J connectivity index is 0.000000235. The van der Waals surface area contributed by atoms with Gasteiger partial charge in [0.15, 0.2) is 5.82 Å². The van der Waals surface area contributed by atoms with Crippen LogP contribution >= 0.6 is 15.9 Å². The summed E-state index contributed by atoms with van der Waals surface area (Å²) in [6.45, 7) is 1.02. The smallest absolute Gasteiger partial charge is 0.211 e. The Morgan fingerprint density at radius 3 is 2.66 bits per heavy atom. The molecule has 0 atom stereocenters. The summed E-state index contributed by atoms with van der Waals surface area (Å²) in [5.41, 5.74) is 6.58. The first-order chi connectivity index (χ1) is 13.8. The highest BCUT2D eigenvalue weighted by Gasteiger charge is 2.05. The molecule has 0 bridgehead atoms. The highest BCUT2D eigenvalue weighted by molar-refractivity contribution is 9.10. The number of aromatic nitrogens is 2. The van der Waals surface area contributed by atoms with Crippen LogP contribution in [0.1, 0.15) is 12.0 Å². The molecule has 2 heterocycles. The van der Waals surface area contributed by atoms with Crippen LogP contribution in [0.15, 0.2) is 40.2 Å². The van der Waals surface area contributed by atoms with Crippen molar-refractivity contribution in [2.24, 2.45) is 5.18 Å². The van der Waals surface area contributed by atoms with Crippen LogP contribution in [0.4, 0.5) is 24.5 Å². The zero-order chi connectivity index (χ0) is 21.8. The number of nitrogens with two attached hydrogens (primary N) is 1. The third-order valence-electron chi connectivity index (χ3n) is 3.44. The molecule has 29 heavy (non-hydrogen) atoms. The molecule has 11 heteroatoms. The molecule has 0 saturated carbocycles.